The molecule has 0 fully saturated rings. The molecule has 3 aromatic carbocycles. The Morgan fingerprint density at radius 1 is 0.900 bits per heavy atom. The van der Waals surface area contributed by atoms with E-state index in [9.17, 15) is 9.59 Å². The van der Waals surface area contributed by atoms with Gasteiger partial charge in [0.25, 0.3) is 5.91 Å². The van der Waals surface area contributed by atoms with Gasteiger partial charge in [0.05, 0.1) is 17.7 Å². The first-order chi connectivity index (χ1) is 14.6. The van der Waals surface area contributed by atoms with Gasteiger partial charge in [-0.25, -0.2) is 0 Å². The van der Waals surface area contributed by atoms with Crippen LogP contribution in [0.15, 0.2) is 79.0 Å². The minimum Gasteiger partial charge on any atom is -0.361 e. The molecule has 150 valence electrons. The molecule has 3 N–H and O–H groups in total. The highest BCUT2D eigenvalue weighted by Crippen LogP contribution is 2.20. The third-order valence-corrected chi connectivity index (χ3v) is 5.05. The number of hydrogen-bond donors (Lipinski definition) is 3. The number of hydrogen-bond acceptors (Lipinski definition) is 2. The van der Waals surface area contributed by atoms with Gasteiger partial charge in [-0.1, -0.05) is 60.2 Å². The van der Waals surface area contributed by atoms with E-state index in [0.29, 0.717) is 17.8 Å². The van der Waals surface area contributed by atoms with Crippen molar-refractivity contribution < 1.29 is 9.59 Å². The van der Waals surface area contributed by atoms with E-state index in [-0.39, 0.29) is 18.2 Å². The maximum atomic E-state index is 12.7. The van der Waals surface area contributed by atoms with Crippen LogP contribution in [0.5, 0.6) is 0 Å². The molecule has 0 radical (unpaired) electrons. The van der Waals surface area contributed by atoms with Crippen LogP contribution in [0.2, 0.25) is 0 Å². The summed E-state index contributed by atoms with van der Waals surface area (Å²) in [6.07, 6.45) is 2.08. The quantitative estimate of drug-likeness (QED) is 0.445. The summed E-state index contributed by atoms with van der Waals surface area (Å²) < 4.78 is 0. The average Bonchev–Trinajstić information content (AvgIpc) is 3.16. The maximum Gasteiger partial charge on any atom is 0.253 e. The number of aromatic amines is 1. The van der Waals surface area contributed by atoms with Crippen LogP contribution in [-0.2, 0) is 17.8 Å². The first kappa shape index (κ1) is 19.5. The second-order valence-electron chi connectivity index (χ2n) is 7.30. The van der Waals surface area contributed by atoms with Crippen molar-refractivity contribution in [2.24, 2.45) is 0 Å². The van der Waals surface area contributed by atoms with Crippen molar-refractivity contribution in [3.05, 3.63) is 101 Å². The van der Waals surface area contributed by atoms with Crippen LogP contribution in [0.3, 0.4) is 0 Å². The zero-order valence-corrected chi connectivity index (χ0v) is 16.7. The van der Waals surface area contributed by atoms with Gasteiger partial charge >= 0.3 is 0 Å². The Labute approximate surface area is 175 Å². The highest BCUT2D eigenvalue weighted by molar-refractivity contribution is 6.04. The Hall–Kier alpha value is -3.86. The van der Waals surface area contributed by atoms with Crippen LogP contribution < -0.4 is 10.6 Å². The molecule has 0 unspecified atom stereocenters. The molecule has 0 aliphatic carbocycles. The van der Waals surface area contributed by atoms with Crippen LogP contribution in [0.1, 0.15) is 27.0 Å². The lowest BCUT2D eigenvalue weighted by Crippen LogP contribution is -2.25. The van der Waals surface area contributed by atoms with E-state index in [1.807, 2.05) is 61.7 Å². The second-order valence-corrected chi connectivity index (χ2v) is 7.30. The van der Waals surface area contributed by atoms with E-state index in [0.717, 1.165) is 22.0 Å². The number of amides is 2. The Morgan fingerprint density at radius 2 is 1.63 bits per heavy atom. The molecule has 0 aliphatic rings. The van der Waals surface area contributed by atoms with Gasteiger partial charge in [-0.3, -0.25) is 9.59 Å². The molecule has 0 aliphatic heterocycles. The van der Waals surface area contributed by atoms with Crippen molar-refractivity contribution in [3.63, 3.8) is 0 Å². The fraction of sp³-hybridized carbons (Fsp3) is 0.120. The van der Waals surface area contributed by atoms with Gasteiger partial charge in [0.1, 0.15) is 0 Å². The first-order valence-electron chi connectivity index (χ1n) is 9.88. The predicted molar refractivity (Wildman–Crippen MR) is 119 cm³/mol. The lowest BCUT2D eigenvalue weighted by atomic mass is 10.1. The van der Waals surface area contributed by atoms with Gasteiger partial charge in [-0.05, 0) is 36.2 Å². The van der Waals surface area contributed by atoms with E-state index >= 15 is 0 Å². The van der Waals surface area contributed by atoms with Crippen molar-refractivity contribution >= 4 is 28.4 Å². The lowest BCUT2D eigenvalue weighted by molar-refractivity contribution is -0.115. The number of rotatable bonds is 6. The molecule has 0 atom stereocenters. The third kappa shape index (κ3) is 4.41. The topological polar surface area (TPSA) is 74.0 Å². The molecule has 0 saturated carbocycles. The molecule has 1 aromatic heterocycles. The zero-order valence-electron chi connectivity index (χ0n) is 16.7. The van der Waals surface area contributed by atoms with Crippen molar-refractivity contribution in [2.45, 2.75) is 19.9 Å². The first-order valence-corrected chi connectivity index (χ1v) is 9.88. The molecule has 0 spiro atoms. The third-order valence-electron chi connectivity index (χ3n) is 5.05. The zero-order chi connectivity index (χ0) is 20.9. The summed E-state index contributed by atoms with van der Waals surface area (Å²) in [4.78, 5) is 28.5. The Balaban J connectivity index is 1.44. The van der Waals surface area contributed by atoms with Crippen molar-refractivity contribution in [3.8, 4) is 0 Å². The lowest BCUT2D eigenvalue weighted by Gasteiger charge is -2.12. The Morgan fingerprint density at radius 3 is 2.47 bits per heavy atom. The molecule has 30 heavy (non-hydrogen) atoms. The van der Waals surface area contributed by atoms with E-state index in [1.54, 1.807) is 24.3 Å². The predicted octanol–water partition coefficient (Wildman–Crippen LogP) is 4.59. The van der Waals surface area contributed by atoms with E-state index < -0.39 is 0 Å². The molecule has 5 nitrogen and oxygen atoms in total. The Bertz CT molecular complexity index is 1190. The number of para-hydroxylation sites is 2. The summed E-state index contributed by atoms with van der Waals surface area (Å²) in [5.74, 6) is -0.392. The number of aryl methyl sites for hydroxylation is 1. The number of nitrogens with one attached hydrogen (secondary N) is 3. The van der Waals surface area contributed by atoms with Gasteiger partial charge < -0.3 is 15.6 Å². The van der Waals surface area contributed by atoms with Crippen molar-refractivity contribution in [1.82, 2.24) is 10.3 Å². The fourth-order valence-corrected chi connectivity index (χ4v) is 3.42. The second kappa shape index (κ2) is 8.66. The smallest absolute Gasteiger partial charge is 0.253 e. The summed E-state index contributed by atoms with van der Waals surface area (Å²) in [6.45, 7) is 2.45. The summed E-state index contributed by atoms with van der Waals surface area (Å²) in [6, 6.07) is 22.9. The number of benzene rings is 3. The number of carbonyl (C=O) groups is 2. The minimum atomic E-state index is -0.224. The highest BCUT2D eigenvalue weighted by atomic mass is 16.2. The molecule has 0 bridgehead atoms. The summed E-state index contributed by atoms with van der Waals surface area (Å²) >= 11 is 0. The van der Waals surface area contributed by atoms with Crippen LogP contribution in [-0.4, -0.2) is 16.8 Å². The molecule has 0 saturated heterocycles. The fourth-order valence-electron chi connectivity index (χ4n) is 3.42. The normalized spacial score (nSPS) is 10.7. The Kier molecular flexibility index (Phi) is 5.61. The summed E-state index contributed by atoms with van der Waals surface area (Å²) in [5, 5.41) is 6.83. The van der Waals surface area contributed by atoms with Gasteiger partial charge in [0.2, 0.25) is 5.91 Å². The van der Waals surface area contributed by atoms with Crippen LogP contribution in [0.4, 0.5) is 5.69 Å². The largest absolute Gasteiger partial charge is 0.361 e. The SMILES string of the molecule is Cc1ccc(CNC(=O)c2ccccc2NC(=O)Cc2c[nH]c3ccccc23)cc1. The standard InChI is InChI=1S/C25H23N3O2/c1-17-10-12-18(13-11-17)15-27-25(30)21-7-3-5-9-23(21)28-24(29)14-19-16-26-22-8-4-2-6-20(19)22/h2-13,16,26H,14-15H2,1H3,(H,27,30)(H,28,29). The highest BCUT2D eigenvalue weighted by Gasteiger charge is 2.14. The van der Waals surface area contributed by atoms with Crippen LogP contribution >= 0.6 is 0 Å². The molecule has 2 amide bonds. The van der Waals surface area contributed by atoms with Crippen LogP contribution in [0, 0.1) is 6.92 Å². The molecule has 5 heteroatoms. The number of fused-ring (bicyclic) bond motifs is 1. The number of H-pyrrole nitrogens is 1. The number of aromatic nitrogens is 1. The van der Waals surface area contributed by atoms with Gasteiger partial charge in [0.15, 0.2) is 0 Å². The average molecular weight is 397 g/mol. The summed E-state index contributed by atoms with van der Waals surface area (Å²) in [7, 11) is 0. The van der Waals surface area contributed by atoms with Gasteiger partial charge in [-0.2, -0.15) is 0 Å². The van der Waals surface area contributed by atoms with Crippen molar-refractivity contribution in [2.75, 3.05) is 5.32 Å². The maximum absolute atomic E-state index is 12.7. The van der Waals surface area contributed by atoms with Gasteiger partial charge in [-0.15, -0.1) is 0 Å². The monoisotopic (exact) mass is 397 g/mol. The number of carbonyl (C=O) groups excluding carboxylic acids is 2. The molecule has 4 rings (SSSR count). The van der Waals surface area contributed by atoms with Crippen molar-refractivity contribution in [1.29, 1.82) is 0 Å². The van der Waals surface area contributed by atoms with E-state index in [2.05, 4.69) is 15.6 Å². The summed E-state index contributed by atoms with van der Waals surface area (Å²) in [5.41, 5.74) is 5.06. The molecule has 4 aromatic rings. The van der Waals surface area contributed by atoms with Gasteiger partial charge in [0, 0.05) is 23.6 Å². The molecular formula is C25H23N3O2. The number of anilines is 1. The molecule has 1 heterocycles. The minimum absolute atomic E-state index is 0.168. The van der Waals surface area contributed by atoms with E-state index in [1.165, 1.54) is 5.56 Å². The van der Waals surface area contributed by atoms with E-state index in [4.69, 9.17) is 0 Å². The molecular weight excluding hydrogens is 374 g/mol. The van der Waals surface area contributed by atoms with Crippen LogP contribution in [0.25, 0.3) is 10.9 Å².